The Morgan fingerprint density at radius 2 is 1.78 bits per heavy atom. The quantitative estimate of drug-likeness (QED) is 0.209. The molecular formula is C31H39NO13. The Kier molecular flexibility index (Phi) is 8.15. The third kappa shape index (κ3) is 5.29. The molecule has 5 fully saturated rings. The van der Waals surface area contributed by atoms with Gasteiger partial charge in [-0.05, 0) is 56.1 Å². The number of esters is 2. The minimum Gasteiger partial charge on any atom is -0.458 e. The summed E-state index contributed by atoms with van der Waals surface area (Å²) in [6.45, 7) is 3.09. The van der Waals surface area contributed by atoms with Crippen LogP contribution in [-0.4, -0.2) is 94.7 Å². The number of aliphatic hydroxyl groups excluding tert-OH is 1. The summed E-state index contributed by atoms with van der Waals surface area (Å²) in [5.41, 5.74) is -2.18. The fraction of sp³-hybridized carbons (Fsp3) is 0.742. The zero-order chi connectivity index (χ0) is 32.3. The molecule has 0 aromatic carbocycles. The van der Waals surface area contributed by atoms with Gasteiger partial charge in [0.25, 0.3) is 5.09 Å². The zero-order valence-electron chi connectivity index (χ0n) is 25.3. The molecule has 6 rings (SSSR count). The van der Waals surface area contributed by atoms with Crippen molar-refractivity contribution in [2.24, 2.45) is 28.6 Å². The molecule has 0 spiro atoms. The first kappa shape index (κ1) is 31.8. The van der Waals surface area contributed by atoms with E-state index in [0.29, 0.717) is 12.8 Å². The topological polar surface area (TPSA) is 198 Å². The highest BCUT2D eigenvalue weighted by Crippen LogP contribution is 2.67. The van der Waals surface area contributed by atoms with Gasteiger partial charge >= 0.3 is 11.9 Å². The van der Waals surface area contributed by atoms with Crippen molar-refractivity contribution in [1.29, 1.82) is 0 Å². The van der Waals surface area contributed by atoms with E-state index >= 15 is 0 Å². The van der Waals surface area contributed by atoms with Crippen LogP contribution in [0.5, 0.6) is 0 Å². The molecule has 2 saturated heterocycles. The second-order valence-corrected chi connectivity index (χ2v) is 13.7. The number of carbonyl (C=O) groups excluding carboxylic acids is 4. The van der Waals surface area contributed by atoms with Gasteiger partial charge in [-0.3, -0.25) is 19.2 Å². The lowest BCUT2D eigenvalue weighted by molar-refractivity contribution is -0.769. The molecule has 6 aliphatic rings. The minimum atomic E-state index is -1.80. The van der Waals surface area contributed by atoms with E-state index in [0.717, 1.165) is 12.0 Å². The van der Waals surface area contributed by atoms with Crippen LogP contribution in [0.3, 0.4) is 0 Å². The lowest BCUT2D eigenvalue weighted by Gasteiger charge is -2.59. The number of nitrogens with zero attached hydrogens (tertiary/aromatic N) is 1. The summed E-state index contributed by atoms with van der Waals surface area (Å²) in [6, 6.07) is 0. The molecule has 0 aromatic heterocycles. The number of hydrogen-bond acceptors (Lipinski definition) is 13. The predicted octanol–water partition coefficient (Wildman–Crippen LogP) is 1.18. The second kappa shape index (κ2) is 11.6. The van der Waals surface area contributed by atoms with Crippen LogP contribution in [0.4, 0.5) is 0 Å². The van der Waals surface area contributed by atoms with Gasteiger partial charge in [-0.1, -0.05) is 25.5 Å². The van der Waals surface area contributed by atoms with Crippen molar-refractivity contribution in [2.75, 3.05) is 19.8 Å². The normalized spacial score (nSPS) is 42.9. The van der Waals surface area contributed by atoms with Gasteiger partial charge in [-0.15, -0.1) is 10.1 Å². The van der Waals surface area contributed by atoms with Crippen molar-refractivity contribution in [3.8, 4) is 0 Å². The first-order valence-corrected chi connectivity index (χ1v) is 15.5. The molecule has 2 N–H and O–H groups in total. The number of ketones is 2. The molecule has 2 heterocycles. The van der Waals surface area contributed by atoms with Crippen LogP contribution in [0, 0.1) is 38.7 Å². The summed E-state index contributed by atoms with van der Waals surface area (Å²) in [5.74, 6) is -2.39. The second-order valence-electron chi connectivity index (χ2n) is 13.7. The molecule has 0 amide bonds. The van der Waals surface area contributed by atoms with E-state index in [1.807, 2.05) is 13.0 Å². The molecule has 45 heavy (non-hydrogen) atoms. The number of rotatable bonds is 9. The van der Waals surface area contributed by atoms with Crippen LogP contribution in [0.25, 0.3) is 0 Å². The summed E-state index contributed by atoms with van der Waals surface area (Å²) in [6.07, 6.45) is 2.80. The summed E-state index contributed by atoms with van der Waals surface area (Å²) in [4.78, 5) is 65.5. The number of hydrogen-bond donors (Lipinski definition) is 2. The highest BCUT2D eigenvalue weighted by atomic mass is 17.0. The Balaban J connectivity index is 1.01. The first-order chi connectivity index (χ1) is 21.3. The van der Waals surface area contributed by atoms with Gasteiger partial charge in [0, 0.05) is 16.7 Å². The van der Waals surface area contributed by atoms with Crippen LogP contribution in [0.2, 0.25) is 0 Å². The van der Waals surface area contributed by atoms with Crippen molar-refractivity contribution in [2.45, 2.75) is 94.9 Å². The van der Waals surface area contributed by atoms with Crippen LogP contribution in [-0.2, 0) is 43.0 Å². The molecule has 11 atom stereocenters. The summed E-state index contributed by atoms with van der Waals surface area (Å²) < 4.78 is 21.4. The number of ether oxygens (including phenoxy) is 4. The van der Waals surface area contributed by atoms with Gasteiger partial charge in [0.15, 0.2) is 24.6 Å². The number of aliphatic hydroxyl groups is 2. The van der Waals surface area contributed by atoms with Crippen molar-refractivity contribution in [3.63, 3.8) is 0 Å². The van der Waals surface area contributed by atoms with Crippen LogP contribution in [0.15, 0.2) is 23.8 Å². The molecule has 14 nitrogen and oxygen atoms in total. The number of allylic oxidation sites excluding steroid dienone is 4. The number of carbonyl (C=O) groups is 4. The maximum atomic E-state index is 13.5. The van der Waals surface area contributed by atoms with E-state index < -0.39 is 76.4 Å². The summed E-state index contributed by atoms with van der Waals surface area (Å²) in [7, 11) is 0. The molecule has 4 unspecified atom stereocenters. The predicted molar refractivity (Wildman–Crippen MR) is 149 cm³/mol. The minimum absolute atomic E-state index is 0.0378. The van der Waals surface area contributed by atoms with Crippen LogP contribution in [0.1, 0.15) is 58.8 Å². The maximum absolute atomic E-state index is 13.5. The Hall–Kier alpha value is -3.20. The molecule has 4 aliphatic carbocycles. The van der Waals surface area contributed by atoms with Gasteiger partial charge in [0.1, 0.15) is 17.8 Å². The fourth-order valence-corrected chi connectivity index (χ4v) is 9.29. The first-order valence-electron chi connectivity index (χ1n) is 15.5. The Morgan fingerprint density at radius 1 is 1.09 bits per heavy atom. The van der Waals surface area contributed by atoms with E-state index in [9.17, 15) is 39.5 Å². The third-order valence-electron chi connectivity index (χ3n) is 11.5. The lowest BCUT2D eigenvalue weighted by Crippen LogP contribution is -2.61. The van der Waals surface area contributed by atoms with Crippen LogP contribution >= 0.6 is 0 Å². The zero-order valence-corrected chi connectivity index (χ0v) is 25.3. The molecule has 2 aliphatic heterocycles. The Morgan fingerprint density at radius 3 is 2.51 bits per heavy atom. The molecular weight excluding hydrogens is 594 g/mol. The summed E-state index contributed by atoms with van der Waals surface area (Å²) >= 11 is 0. The van der Waals surface area contributed by atoms with Gasteiger partial charge in [0.2, 0.25) is 5.78 Å². The van der Waals surface area contributed by atoms with E-state index in [4.69, 9.17) is 18.9 Å². The average molecular weight is 634 g/mol. The third-order valence-corrected chi connectivity index (χ3v) is 11.5. The molecule has 246 valence electrons. The van der Waals surface area contributed by atoms with E-state index in [-0.39, 0.29) is 62.4 Å². The molecule has 0 aromatic rings. The average Bonchev–Trinajstić information content (AvgIpc) is 3.64. The van der Waals surface area contributed by atoms with Gasteiger partial charge in [-0.25, -0.2) is 0 Å². The van der Waals surface area contributed by atoms with Gasteiger partial charge < -0.3 is 34.0 Å². The van der Waals surface area contributed by atoms with Gasteiger partial charge in [0.05, 0.1) is 32.2 Å². The molecule has 0 bridgehead atoms. The molecule has 3 saturated carbocycles. The van der Waals surface area contributed by atoms with Crippen molar-refractivity contribution >= 4 is 23.5 Å². The fourth-order valence-electron chi connectivity index (χ4n) is 9.29. The molecule has 0 radical (unpaired) electrons. The smallest absolute Gasteiger partial charge is 0.306 e. The van der Waals surface area contributed by atoms with Crippen molar-refractivity contribution in [1.82, 2.24) is 0 Å². The van der Waals surface area contributed by atoms with Gasteiger partial charge in [-0.2, -0.15) is 0 Å². The Bertz CT molecular complexity index is 1340. The lowest BCUT2D eigenvalue weighted by atomic mass is 9.46. The SMILES string of the molecule is C[C@]12C=CC(=O)C=C1CC[C@@H]1[C@@H]2[C@@H](O)C[C@@]2(C)[C@H]1CC[C@]2(O)C(=O)COC(=O)CCC(=O)OC1COC2C(O[N+](=O)[O-])COC12. The number of Topliss-reactive ketones (excluding diaryl/α,β-unsaturated/α-hetero) is 1. The monoisotopic (exact) mass is 633 g/mol. The largest absolute Gasteiger partial charge is 0.458 e. The highest BCUT2D eigenvalue weighted by Gasteiger charge is 2.68. The maximum Gasteiger partial charge on any atom is 0.306 e. The molecule has 14 heteroatoms. The standard InChI is InChI=1S/C31H39NO13/c1-29-9-7-17(33)11-16(29)3-4-18-19-8-10-31(38,30(19,2)12-20(34)26(18)29)23(35)15-41-24(36)5-6-25(37)44-21-13-42-28-22(45-32(39)40)14-43-27(21)28/h7,9,11,18-22,26-28,34,38H,3-6,8,10,12-15H2,1-2H3/t18-,19-,20-,21?,22?,26+,27?,28?,29-,30-,31-/m0/s1. The summed E-state index contributed by atoms with van der Waals surface area (Å²) in [5, 5.41) is 33.0. The highest BCUT2D eigenvalue weighted by molar-refractivity contribution is 6.01. The van der Waals surface area contributed by atoms with E-state index in [1.54, 1.807) is 12.2 Å². The Labute approximate surface area is 259 Å². The van der Waals surface area contributed by atoms with E-state index in [1.165, 1.54) is 0 Å². The van der Waals surface area contributed by atoms with Crippen molar-refractivity contribution < 1.29 is 58.3 Å². The van der Waals surface area contributed by atoms with Crippen molar-refractivity contribution in [3.05, 3.63) is 33.9 Å². The number of fused-ring (bicyclic) bond motifs is 6. The van der Waals surface area contributed by atoms with Crippen LogP contribution < -0.4 is 0 Å². The van der Waals surface area contributed by atoms with E-state index in [2.05, 4.69) is 11.8 Å².